The van der Waals surface area contributed by atoms with Gasteiger partial charge in [-0.1, -0.05) is 30.3 Å². The molecular weight excluding hydrogens is 392 g/mol. The van der Waals surface area contributed by atoms with Crippen LogP contribution < -0.4 is 0 Å². The highest BCUT2D eigenvalue weighted by Gasteiger charge is 2.69. The summed E-state index contributed by atoms with van der Waals surface area (Å²) in [4.78, 5) is 24.8. The van der Waals surface area contributed by atoms with Gasteiger partial charge in [0.25, 0.3) is 0 Å². The predicted octanol–water partition coefficient (Wildman–Crippen LogP) is -0.0414. The van der Waals surface area contributed by atoms with E-state index in [1.54, 1.807) is 30.3 Å². The highest BCUT2D eigenvalue weighted by molar-refractivity contribution is 7.85. The molecule has 7 atom stereocenters. The maximum atomic E-state index is 12.5. The third-order valence-corrected chi connectivity index (χ3v) is 6.43. The zero-order valence-electron chi connectivity index (χ0n) is 14.7. The van der Waals surface area contributed by atoms with E-state index in [9.17, 15) is 27.7 Å². The summed E-state index contributed by atoms with van der Waals surface area (Å²) in [5, 5.41) is 10.4. The molecule has 152 valence electrons. The maximum Gasteiger partial charge on any atom is 0.310 e. The zero-order chi connectivity index (χ0) is 20.1. The number of hydrogen-bond donors (Lipinski definition) is 1. The Morgan fingerprint density at radius 2 is 2.00 bits per heavy atom. The molecular formula is C18H19O9S-. The molecule has 28 heavy (non-hydrogen) atoms. The number of rotatable bonds is 7. The van der Waals surface area contributed by atoms with E-state index in [1.165, 1.54) is 0 Å². The van der Waals surface area contributed by atoms with Gasteiger partial charge in [0, 0.05) is 17.4 Å². The largest absolute Gasteiger partial charge is 0.748 e. The van der Waals surface area contributed by atoms with E-state index in [-0.39, 0.29) is 5.92 Å². The number of aliphatic hydroxyl groups excluding tert-OH is 1. The number of esters is 2. The lowest BCUT2D eigenvalue weighted by Gasteiger charge is -2.32. The van der Waals surface area contributed by atoms with E-state index < -0.39 is 70.7 Å². The van der Waals surface area contributed by atoms with Crippen LogP contribution in [0, 0.1) is 23.7 Å². The summed E-state index contributed by atoms with van der Waals surface area (Å²) >= 11 is 0. The number of hydrogen-bond acceptors (Lipinski definition) is 9. The molecule has 2 saturated carbocycles. The van der Waals surface area contributed by atoms with Gasteiger partial charge in [-0.05, 0) is 6.42 Å². The second kappa shape index (κ2) is 7.11. The number of carbonyl (C=O) groups is 2. The van der Waals surface area contributed by atoms with Gasteiger partial charge in [-0.15, -0.1) is 0 Å². The summed E-state index contributed by atoms with van der Waals surface area (Å²) in [5.74, 6) is -4.23. The van der Waals surface area contributed by atoms with Gasteiger partial charge in [0.2, 0.25) is 0 Å². The van der Waals surface area contributed by atoms with Crippen LogP contribution >= 0.6 is 0 Å². The molecule has 3 aliphatic rings. The van der Waals surface area contributed by atoms with E-state index in [2.05, 4.69) is 0 Å². The Balaban J connectivity index is 1.48. The number of carbonyl (C=O) groups excluding carboxylic acids is 2. The molecule has 2 bridgehead atoms. The number of benzene rings is 1. The molecule has 4 rings (SSSR count). The Labute approximate surface area is 161 Å². The molecule has 7 unspecified atom stereocenters. The van der Waals surface area contributed by atoms with Crippen molar-refractivity contribution in [1.29, 1.82) is 0 Å². The van der Waals surface area contributed by atoms with Crippen molar-refractivity contribution in [1.82, 2.24) is 0 Å². The Bertz CT molecular complexity index is 868. The van der Waals surface area contributed by atoms with Crippen molar-refractivity contribution in [3.8, 4) is 0 Å². The first kappa shape index (κ1) is 19.3. The lowest BCUT2D eigenvalue weighted by atomic mass is 9.78. The van der Waals surface area contributed by atoms with Crippen LogP contribution in [0.2, 0.25) is 0 Å². The third kappa shape index (κ3) is 3.41. The number of fused-ring (bicyclic) bond motifs is 1. The summed E-state index contributed by atoms with van der Waals surface area (Å²) in [5.41, 5.74) is 0.533. The van der Waals surface area contributed by atoms with Crippen LogP contribution in [0.1, 0.15) is 18.3 Å². The Morgan fingerprint density at radius 1 is 1.29 bits per heavy atom. The topological polar surface area (TPSA) is 139 Å². The normalized spacial score (nSPS) is 34.3. The van der Waals surface area contributed by atoms with Crippen molar-refractivity contribution < 1.29 is 41.9 Å². The molecule has 1 heterocycles. The van der Waals surface area contributed by atoms with Crippen molar-refractivity contribution in [2.75, 3.05) is 12.4 Å². The second-order valence-electron chi connectivity index (χ2n) is 7.31. The molecule has 1 aromatic carbocycles. The van der Waals surface area contributed by atoms with Crippen LogP contribution in [-0.4, -0.2) is 54.6 Å². The Morgan fingerprint density at radius 3 is 2.68 bits per heavy atom. The second-order valence-corrected chi connectivity index (χ2v) is 8.83. The van der Waals surface area contributed by atoms with Crippen molar-refractivity contribution in [3.63, 3.8) is 0 Å². The van der Waals surface area contributed by atoms with Crippen LogP contribution in [0.4, 0.5) is 0 Å². The summed E-state index contributed by atoms with van der Waals surface area (Å²) in [6.07, 6.45) is -1.95. The van der Waals surface area contributed by atoms with E-state index in [4.69, 9.17) is 14.2 Å². The van der Waals surface area contributed by atoms with Crippen LogP contribution in [0.15, 0.2) is 30.3 Å². The fraction of sp³-hybridized carbons (Fsp3) is 0.556. The minimum Gasteiger partial charge on any atom is -0.748 e. The third-order valence-electron chi connectivity index (χ3n) is 5.77. The Hall–Kier alpha value is -2.01. The first-order valence-electron chi connectivity index (χ1n) is 8.95. The molecule has 0 spiro atoms. The highest BCUT2D eigenvalue weighted by Crippen LogP contribution is 2.59. The van der Waals surface area contributed by atoms with Gasteiger partial charge in [0.15, 0.2) is 6.29 Å². The molecule has 0 radical (unpaired) electrons. The van der Waals surface area contributed by atoms with Gasteiger partial charge < -0.3 is 23.9 Å². The number of aliphatic hydroxyl groups is 1. The molecule has 0 amide bonds. The first-order valence-corrected chi connectivity index (χ1v) is 10.5. The fourth-order valence-corrected chi connectivity index (χ4v) is 4.97. The van der Waals surface area contributed by atoms with Crippen LogP contribution in [0.25, 0.3) is 0 Å². The zero-order valence-corrected chi connectivity index (χ0v) is 15.5. The van der Waals surface area contributed by atoms with Crippen LogP contribution in [0.3, 0.4) is 0 Å². The predicted molar refractivity (Wildman–Crippen MR) is 90.3 cm³/mol. The molecule has 10 heteroatoms. The van der Waals surface area contributed by atoms with E-state index in [0.717, 1.165) is 0 Å². The molecule has 1 aromatic rings. The SMILES string of the molecule is O=C1OC2C3CC(C2OC(O)c2ccccc2)C(C(=O)OCCS(=O)(=O)[O-])C13. The molecule has 3 fully saturated rings. The standard InChI is InChI=1S/C18H20O9S/c19-16(9-4-2-1-3-5-9)26-14-10-8-11-13(18(21)27-15(11)14)12(10)17(20)25-6-7-28(22,23)24/h1-5,10-16,19H,6-8H2,(H,22,23,24)/p-1. The van der Waals surface area contributed by atoms with Crippen molar-refractivity contribution >= 4 is 22.1 Å². The summed E-state index contributed by atoms with van der Waals surface area (Å²) in [6.45, 7) is -0.568. The van der Waals surface area contributed by atoms with Gasteiger partial charge in [-0.2, -0.15) is 0 Å². The molecule has 1 aliphatic heterocycles. The smallest absolute Gasteiger partial charge is 0.310 e. The average Bonchev–Trinajstić information content (AvgIpc) is 3.25. The van der Waals surface area contributed by atoms with Gasteiger partial charge in [-0.25, -0.2) is 8.42 Å². The fourth-order valence-electron chi connectivity index (χ4n) is 4.68. The lowest BCUT2D eigenvalue weighted by Crippen LogP contribution is -2.43. The monoisotopic (exact) mass is 411 g/mol. The van der Waals surface area contributed by atoms with Gasteiger partial charge in [0.1, 0.15) is 18.8 Å². The quantitative estimate of drug-likeness (QED) is 0.372. The molecule has 1 saturated heterocycles. The first-order chi connectivity index (χ1) is 13.3. The highest BCUT2D eigenvalue weighted by atomic mass is 32.2. The lowest BCUT2D eigenvalue weighted by molar-refractivity contribution is -0.188. The summed E-state index contributed by atoms with van der Waals surface area (Å²) in [6, 6.07) is 8.68. The van der Waals surface area contributed by atoms with Gasteiger partial charge >= 0.3 is 11.9 Å². The molecule has 9 nitrogen and oxygen atoms in total. The van der Waals surface area contributed by atoms with Gasteiger partial charge in [-0.3, -0.25) is 9.59 Å². The van der Waals surface area contributed by atoms with E-state index in [0.29, 0.717) is 12.0 Å². The van der Waals surface area contributed by atoms with Crippen molar-refractivity contribution in [2.24, 2.45) is 23.7 Å². The summed E-state index contributed by atoms with van der Waals surface area (Å²) in [7, 11) is -4.51. The maximum absolute atomic E-state index is 12.5. The van der Waals surface area contributed by atoms with Crippen molar-refractivity contribution in [2.45, 2.75) is 24.9 Å². The molecule has 2 aliphatic carbocycles. The molecule has 1 N–H and O–H groups in total. The van der Waals surface area contributed by atoms with E-state index in [1.807, 2.05) is 0 Å². The summed E-state index contributed by atoms with van der Waals surface area (Å²) < 4.78 is 48.2. The number of ether oxygens (including phenoxy) is 3. The van der Waals surface area contributed by atoms with Crippen LogP contribution in [-0.2, 0) is 33.9 Å². The minimum atomic E-state index is -4.51. The van der Waals surface area contributed by atoms with Crippen LogP contribution in [0.5, 0.6) is 0 Å². The van der Waals surface area contributed by atoms with Crippen molar-refractivity contribution in [3.05, 3.63) is 35.9 Å². The minimum absolute atomic E-state index is 0.216. The Kier molecular flexibility index (Phi) is 4.90. The molecule has 0 aromatic heterocycles. The average molecular weight is 411 g/mol. The van der Waals surface area contributed by atoms with E-state index >= 15 is 0 Å². The van der Waals surface area contributed by atoms with Gasteiger partial charge in [0.05, 0.1) is 27.7 Å².